The molecule has 130 valence electrons. The first-order chi connectivity index (χ1) is 12.8. The molecule has 1 aromatic heterocycles. The number of carbonyl (C=O) groups is 1. The number of benzene rings is 2. The Morgan fingerprint density at radius 1 is 1.15 bits per heavy atom. The Kier molecular flexibility index (Phi) is 4.75. The normalized spacial score (nSPS) is 14.5. The van der Waals surface area contributed by atoms with Crippen LogP contribution in [-0.2, 0) is 11.2 Å². The fourth-order valence-corrected chi connectivity index (χ4v) is 3.58. The molecular formula is C20H17N3O2S. The summed E-state index contributed by atoms with van der Waals surface area (Å²) >= 11 is 1.48. The highest BCUT2D eigenvalue weighted by molar-refractivity contribution is 7.10. The summed E-state index contributed by atoms with van der Waals surface area (Å²) < 4.78 is 5.60. The molecule has 2 heterocycles. The molecular weight excluding hydrogens is 346 g/mol. The van der Waals surface area contributed by atoms with Gasteiger partial charge < -0.3 is 4.74 Å². The molecule has 5 nitrogen and oxygen atoms in total. The van der Waals surface area contributed by atoms with Gasteiger partial charge in [-0.2, -0.15) is 5.10 Å². The van der Waals surface area contributed by atoms with Crippen LogP contribution in [0.2, 0.25) is 0 Å². The van der Waals surface area contributed by atoms with Crippen molar-refractivity contribution in [3.05, 3.63) is 70.5 Å². The predicted octanol–water partition coefficient (Wildman–Crippen LogP) is 3.66. The molecule has 1 N–H and O–H groups in total. The van der Waals surface area contributed by atoms with Gasteiger partial charge in [0.1, 0.15) is 10.8 Å². The van der Waals surface area contributed by atoms with Crippen LogP contribution in [0.15, 0.2) is 65.1 Å². The number of thiazole rings is 1. The highest BCUT2D eigenvalue weighted by Crippen LogP contribution is 2.24. The molecule has 1 aliphatic rings. The molecule has 4 rings (SSSR count). The van der Waals surface area contributed by atoms with E-state index in [9.17, 15) is 4.79 Å². The second-order valence-corrected chi connectivity index (χ2v) is 6.80. The average Bonchev–Trinajstić information content (AvgIpc) is 3.15. The Bertz CT molecular complexity index is 950. The van der Waals surface area contributed by atoms with Gasteiger partial charge >= 0.3 is 0 Å². The van der Waals surface area contributed by atoms with Gasteiger partial charge in [-0.05, 0) is 12.1 Å². The smallest absolute Gasteiger partial charge is 0.246 e. The molecule has 0 unspecified atom stereocenters. The number of hydrogen-bond donors (Lipinski definition) is 1. The lowest BCUT2D eigenvalue weighted by Crippen LogP contribution is -2.24. The summed E-state index contributed by atoms with van der Waals surface area (Å²) in [6.07, 6.45) is 0.888. The zero-order valence-electron chi connectivity index (χ0n) is 14.0. The van der Waals surface area contributed by atoms with E-state index in [1.165, 1.54) is 11.3 Å². The molecule has 2 aromatic carbocycles. The summed E-state index contributed by atoms with van der Waals surface area (Å²) in [6.45, 7) is 0.568. The molecule has 0 bridgehead atoms. The molecule has 0 spiro atoms. The second-order valence-electron chi connectivity index (χ2n) is 5.86. The Morgan fingerprint density at radius 3 is 2.85 bits per heavy atom. The van der Waals surface area contributed by atoms with E-state index in [4.69, 9.17) is 4.74 Å². The standard InChI is InChI=1S/C20H17N3O2S/c24-19(12-20-21-17(13-26-20)14-6-2-1-3-7-14)23-22-16-10-11-25-18-9-5-4-8-15(16)18/h1-9,13H,10-12H2,(H,23,24)/b22-16-. The Hall–Kier alpha value is -2.99. The van der Waals surface area contributed by atoms with E-state index in [0.717, 1.165) is 33.3 Å². The number of aromatic nitrogens is 1. The van der Waals surface area contributed by atoms with Gasteiger partial charge in [-0.25, -0.2) is 10.4 Å². The topological polar surface area (TPSA) is 63.6 Å². The molecule has 26 heavy (non-hydrogen) atoms. The largest absolute Gasteiger partial charge is 0.492 e. The van der Waals surface area contributed by atoms with Crippen molar-refractivity contribution in [2.24, 2.45) is 5.10 Å². The third kappa shape index (κ3) is 3.65. The number of fused-ring (bicyclic) bond motifs is 1. The fraction of sp³-hybridized carbons (Fsp3) is 0.150. The van der Waals surface area contributed by atoms with Crippen molar-refractivity contribution in [3.63, 3.8) is 0 Å². The van der Waals surface area contributed by atoms with E-state index in [-0.39, 0.29) is 12.3 Å². The summed E-state index contributed by atoms with van der Waals surface area (Å²) in [5.74, 6) is 0.634. The minimum absolute atomic E-state index is 0.171. The van der Waals surface area contributed by atoms with Crippen LogP contribution in [0.1, 0.15) is 17.0 Å². The zero-order chi connectivity index (χ0) is 17.8. The van der Waals surface area contributed by atoms with Gasteiger partial charge in [-0.15, -0.1) is 11.3 Å². The minimum Gasteiger partial charge on any atom is -0.492 e. The lowest BCUT2D eigenvalue weighted by molar-refractivity contribution is -0.120. The summed E-state index contributed by atoms with van der Waals surface area (Å²) in [4.78, 5) is 16.8. The van der Waals surface area contributed by atoms with Crippen molar-refractivity contribution in [3.8, 4) is 17.0 Å². The third-order valence-electron chi connectivity index (χ3n) is 4.04. The molecule has 0 saturated heterocycles. The first kappa shape index (κ1) is 16.5. The molecule has 0 aliphatic carbocycles. The van der Waals surface area contributed by atoms with Crippen molar-refractivity contribution in [2.45, 2.75) is 12.8 Å². The van der Waals surface area contributed by atoms with Crippen LogP contribution >= 0.6 is 11.3 Å². The predicted molar refractivity (Wildman–Crippen MR) is 102 cm³/mol. The lowest BCUT2D eigenvalue weighted by atomic mass is 10.0. The maximum atomic E-state index is 12.2. The number of nitrogens with one attached hydrogen (secondary N) is 1. The van der Waals surface area contributed by atoms with Gasteiger partial charge in [0.2, 0.25) is 5.91 Å². The average molecular weight is 363 g/mol. The van der Waals surface area contributed by atoms with Crippen LogP contribution in [0.5, 0.6) is 5.75 Å². The second kappa shape index (κ2) is 7.49. The number of para-hydroxylation sites is 1. The van der Waals surface area contributed by atoms with Crippen LogP contribution in [0, 0.1) is 0 Å². The van der Waals surface area contributed by atoms with Gasteiger partial charge in [-0.1, -0.05) is 42.5 Å². The van der Waals surface area contributed by atoms with Crippen molar-refractivity contribution in [1.82, 2.24) is 10.4 Å². The quantitative estimate of drug-likeness (QED) is 0.720. The van der Waals surface area contributed by atoms with Gasteiger partial charge in [0, 0.05) is 22.9 Å². The van der Waals surface area contributed by atoms with Crippen LogP contribution < -0.4 is 10.2 Å². The van der Waals surface area contributed by atoms with E-state index in [0.29, 0.717) is 13.0 Å². The highest BCUT2D eigenvalue weighted by Gasteiger charge is 2.16. The lowest BCUT2D eigenvalue weighted by Gasteiger charge is -2.18. The van der Waals surface area contributed by atoms with E-state index in [1.54, 1.807) is 0 Å². The SMILES string of the molecule is O=C(Cc1nc(-c2ccccc2)cs1)N/N=C1/CCOc2ccccc21. The summed E-state index contributed by atoms with van der Waals surface area (Å²) in [5.41, 5.74) is 6.36. The molecule has 1 amide bonds. The Labute approximate surface area is 155 Å². The first-order valence-corrected chi connectivity index (χ1v) is 9.25. The molecule has 1 aliphatic heterocycles. The third-order valence-corrected chi connectivity index (χ3v) is 4.89. The van der Waals surface area contributed by atoms with Crippen molar-refractivity contribution >= 4 is 23.0 Å². The van der Waals surface area contributed by atoms with Gasteiger partial charge in [0.15, 0.2) is 0 Å². The van der Waals surface area contributed by atoms with E-state index < -0.39 is 0 Å². The number of hydrogen-bond acceptors (Lipinski definition) is 5. The summed E-state index contributed by atoms with van der Waals surface area (Å²) in [5, 5.41) is 7.04. The van der Waals surface area contributed by atoms with Gasteiger partial charge in [0.25, 0.3) is 0 Å². The van der Waals surface area contributed by atoms with E-state index >= 15 is 0 Å². The number of amides is 1. The molecule has 0 saturated carbocycles. The first-order valence-electron chi connectivity index (χ1n) is 8.37. The van der Waals surface area contributed by atoms with Crippen molar-refractivity contribution in [1.29, 1.82) is 0 Å². The Morgan fingerprint density at radius 2 is 1.96 bits per heavy atom. The molecule has 0 fully saturated rings. The highest BCUT2D eigenvalue weighted by atomic mass is 32.1. The van der Waals surface area contributed by atoms with Crippen LogP contribution in [0.4, 0.5) is 0 Å². The summed E-state index contributed by atoms with van der Waals surface area (Å²) in [6, 6.07) is 17.7. The number of hydrazone groups is 1. The zero-order valence-corrected chi connectivity index (χ0v) is 14.8. The monoisotopic (exact) mass is 363 g/mol. The maximum Gasteiger partial charge on any atom is 0.246 e. The fourth-order valence-electron chi connectivity index (χ4n) is 2.78. The van der Waals surface area contributed by atoms with Gasteiger partial charge in [-0.3, -0.25) is 4.79 Å². The van der Waals surface area contributed by atoms with E-state index in [2.05, 4.69) is 15.5 Å². The Balaban J connectivity index is 1.42. The molecule has 6 heteroatoms. The maximum absolute atomic E-state index is 12.2. The van der Waals surface area contributed by atoms with Crippen molar-refractivity contribution in [2.75, 3.05) is 6.61 Å². The van der Waals surface area contributed by atoms with Crippen LogP contribution in [-0.4, -0.2) is 23.2 Å². The number of ether oxygens (including phenoxy) is 1. The molecule has 3 aromatic rings. The van der Waals surface area contributed by atoms with Crippen molar-refractivity contribution < 1.29 is 9.53 Å². The van der Waals surface area contributed by atoms with E-state index in [1.807, 2.05) is 60.0 Å². The number of rotatable bonds is 4. The molecule has 0 radical (unpaired) electrons. The minimum atomic E-state index is -0.171. The number of nitrogens with zero attached hydrogens (tertiary/aromatic N) is 2. The summed E-state index contributed by atoms with van der Waals surface area (Å²) in [7, 11) is 0. The van der Waals surface area contributed by atoms with Crippen LogP contribution in [0.25, 0.3) is 11.3 Å². The van der Waals surface area contributed by atoms with Crippen LogP contribution in [0.3, 0.4) is 0 Å². The number of carbonyl (C=O) groups excluding carboxylic acids is 1. The van der Waals surface area contributed by atoms with Gasteiger partial charge in [0.05, 0.1) is 24.4 Å². The molecule has 0 atom stereocenters.